The minimum Gasteiger partial charge on any atom is -0.345 e. The summed E-state index contributed by atoms with van der Waals surface area (Å²) in [6.45, 7) is 4.73. The van der Waals surface area contributed by atoms with Gasteiger partial charge in [-0.3, -0.25) is 0 Å². The minimum atomic E-state index is -0.0635. The summed E-state index contributed by atoms with van der Waals surface area (Å²) in [4.78, 5) is 0. The molecule has 3 heteroatoms. The first-order valence-corrected chi connectivity index (χ1v) is 3.13. The monoisotopic (exact) mass is 130 g/mol. The van der Waals surface area contributed by atoms with Crippen molar-refractivity contribution in [2.45, 2.75) is 32.0 Å². The van der Waals surface area contributed by atoms with Gasteiger partial charge in [-0.2, -0.15) is 0 Å². The lowest BCUT2D eigenvalue weighted by Gasteiger charge is -1.93. The van der Waals surface area contributed by atoms with Crippen molar-refractivity contribution in [2.24, 2.45) is 0 Å². The Hall–Kier alpha value is -0.120. The van der Waals surface area contributed by atoms with Gasteiger partial charge in [0, 0.05) is 0 Å². The van der Waals surface area contributed by atoms with E-state index in [0.717, 1.165) is 6.61 Å². The maximum absolute atomic E-state index is 5.24. The fourth-order valence-corrected chi connectivity index (χ4v) is 0.689. The summed E-state index contributed by atoms with van der Waals surface area (Å²) >= 11 is 0. The van der Waals surface area contributed by atoms with Gasteiger partial charge in [-0.1, -0.05) is 0 Å². The topological polar surface area (TPSA) is 34.3 Å². The Labute approximate surface area is 53.9 Å². The molecule has 0 amide bonds. The molecule has 52 valence electrons. The van der Waals surface area contributed by atoms with E-state index in [-0.39, 0.29) is 18.2 Å². The van der Waals surface area contributed by atoms with E-state index in [0.29, 0.717) is 0 Å². The predicted molar refractivity (Wildman–Crippen MR) is 29.8 cm³/mol. The molecule has 0 N–H and O–H groups in total. The molecule has 0 saturated carbocycles. The summed E-state index contributed by atoms with van der Waals surface area (Å²) in [7, 11) is 0. The Morgan fingerprint density at radius 2 is 2.11 bits per heavy atom. The van der Waals surface area contributed by atoms with E-state index in [4.69, 9.17) is 14.2 Å². The van der Waals surface area contributed by atoms with Gasteiger partial charge in [-0.15, -0.1) is 0 Å². The average molecular weight is 130 g/mol. The van der Waals surface area contributed by atoms with E-state index in [1.807, 2.05) is 13.8 Å². The lowest BCUT2D eigenvalue weighted by atomic mass is 10.2. The van der Waals surface area contributed by atoms with Crippen LogP contribution >= 0.6 is 0 Å². The molecule has 2 aliphatic rings. The van der Waals surface area contributed by atoms with Gasteiger partial charge >= 0.3 is 0 Å². The molecule has 0 aromatic heterocycles. The molecule has 0 radical (unpaired) electrons. The maximum atomic E-state index is 5.24. The second-order valence-electron chi connectivity index (χ2n) is 2.95. The summed E-state index contributed by atoms with van der Waals surface area (Å²) in [5.74, 6) is 0. The lowest BCUT2D eigenvalue weighted by Crippen LogP contribution is -2.08. The molecule has 9 heavy (non-hydrogen) atoms. The van der Waals surface area contributed by atoms with Gasteiger partial charge in [0.15, 0.2) is 12.6 Å². The summed E-state index contributed by atoms with van der Waals surface area (Å²) in [5, 5.41) is 0. The molecule has 2 rings (SSSR count). The van der Waals surface area contributed by atoms with Gasteiger partial charge in [-0.25, -0.2) is 0 Å². The molecule has 2 heterocycles. The van der Waals surface area contributed by atoms with E-state index >= 15 is 0 Å². The van der Waals surface area contributed by atoms with E-state index < -0.39 is 0 Å². The van der Waals surface area contributed by atoms with Crippen molar-refractivity contribution in [3.8, 4) is 0 Å². The predicted octanol–water partition coefficient (Wildman–Crippen LogP) is 0.494. The van der Waals surface area contributed by atoms with Gasteiger partial charge in [0.25, 0.3) is 0 Å². The van der Waals surface area contributed by atoms with Gasteiger partial charge in [0.05, 0.1) is 0 Å². The molecule has 3 nitrogen and oxygen atoms in total. The number of hydrogen-bond acceptors (Lipinski definition) is 3. The van der Waals surface area contributed by atoms with Crippen LogP contribution < -0.4 is 0 Å². The SMILES string of the molecule is CC1(C)OC1OC1CO1. The number of ether oxygens (including phenoxy) is 3. The Bertz CT molecular complexity index is 128. The quantitative estimate of drug-likeness (QED) is 0.510. The van der Waals surface area contributed by atoms with Crippen molar-refractivity contribution >= 4 is 0 Å². The van der Waals surface area contributed by atoms with Gasteiger partial charge in [0.2, 0.25) is 0 Å². The van der Waals surface area contributed by atoms with Crippen LogP contribution in [0.2, 0.25) is 0 Å². The van der Waals surface area contributed by atoms with Gasteiger partial charge in [-0.05, 0) is 13.8 Å². The van der Waals surface area contributed by atoms with Crippen LogP contribution in [0, 0.1) is 0 Å². The van der Waals surface area contributed by atoms with Gasteiger partial charge in [0.1, 0.15) is 12.2 Å². The first-order chi connectivity index (χ1) is 4.18. The lowest BCUT2D eigenvalue weighted by molar-refractivity contribution is -0.0103. The van der Waals surface area contributed by atoms with Crippen molar-refractivity contribution < 1.29 is 14.2 Å². The van der Waals surface area contributed by atoms with Crippen LogP contribution in [-0.4, -0.2) is 24.8 Å². The molecular weight excluding hydrogens is 120 g/mol. The number of hydrogen-bond donors (Lipinski definition) is 0. The third-order valence-electron chi connectivity index (χ3n) is 1.50. The van der Waals surface area contributed by atoms with E-state index in [2.05, 4.69) is 0 Å². The van der Waals surface area contributed by atoms with Crippen molar-refractivity contribution in [1.29, 1.82) is 0 Å². The second kappa shape index (κ2) is 1.48. The zero-order valence-electron chi connectivity index (χ0n) is 5.59. The molecule has 2 fully saturated rings. The van der Waals surface area contributed by atoms with Crippen molar-refractivity contribution in [2.75, 3.05) is 6.61 Å². The molecule has 0 spiro atoms. The largest absolute Gasteiger partial charge is 0.345 e. The van der Waals surface area contributed by atoms with E-state index in [9.17, 15) is 0 Å². The molecule has 0 bridgehead atoms. The third kappa shape index (κ3) is 1.08. The molecule has 0 aromatic carbocycles. The number of rotatable bonds is 2. The standard InChI is InChI=1S/C6H10O3/c1-6(2)5(9-6)8-4-3-7-4/h4-5H,3H2,1-2H3. The van der Waals surface area contributed by atoms with Crippen molar-refractivity contribution in [1.82, 2.24) is 0 Å². The van der Waals surface area contributed by atoms with E-state index in [1.54, 1.807) is 0 Å². The normalized spacial score (nSPS) is 44.7. The Morgan fingerprint density at radius 3 is 2.44 bits per heavy atom. The fourth-order valence-electron chi connectivity index (χ4n) is 0.689. The van der Waals surface area contributed by atoms with Crippen LogP contribution in [0.1, 0.15) is 13.8 Å². The summed E-state index contributed by atoms with van der Waals surface area (Å²) in [6.07, 6.45) is 0.00164. The zero-order chi connectivity index (χ0) is 6.48. The summed E-state index contributed by atoms with van der Waals surface area (Å²) in [5.41, 5.74) is -0.0635. The minimum absolute atomic E-state index is 0.0231. The fraction of sp³-hybridized carbons (Fsp3) is 1.00. The highest BCUT2D eigenvalue weighted by molar-refractivity contribution is 4.88. The van der Waals surface area contributed by atoms with E-state index in [1.165, 1.54) is 0 Å². The third-order valence-corrected chi connectivity index (χ3v) is 1.50. The average Bonchev–Trinajstić information content (AvgIpc) is 2.54. The highest BCUT2D eigenvalue weighted by Gasteiger charge is 2.52. The Kier molecular flexibility index (Phi) is 0.928. The number of epoxide rings is 2. The van der Waals surface area contributed by atoms with Crippen molar-refractivity contribution in [3.63, 3.8) is 0 Å². The molecule has 0 aliphatic carbocycles. The van der Waals surface area contributed by atoms with Crippen LogP contribution in [0.5, 0.6) is 0 Å². The Balaban J connectivity index is 1.77. The van der Waals surface area contributed by atoms with Gasteiger partial charge < -0.3 is 14.2 Å². The van der Waals surface area contributed by atoms with Crippen LogP contribution in [0.15, 0.2) is 0 Å². The van der Waals surface area contributed by atoms with Crippen LogP contribution in [0.4, 0.5) is 0 Å². The summed E-state index contributed by atoms with van der Waals surface area (Å²) < 4.78 is 15.2. The second-order valence-corrected chi connectivity index (χ2v) is 2.95. The highest BCUT2D eigenvalue weighted by atomic mass is 16.9. The molecule has 2 aliphatic heterocycles. The molecule has 2 saturated heterocycles. The maximum Gasteiger partial charge on any atom is 0.190 e. The van der Waals surface area contributed by atoms with Crippen LogP contribution in [0.25, 0.3) is 0 Å². The highest BCUT2D eigenvalue weighted by Crippen LogP contribution is 2.38. The molecule has 0 aromatic rings. The molecular formula is C6H10O3. The smallest absolute Gasteiger partial charge is 0.190 e. The zero-order valence-corrected chi connectivity index (χ0v) is 5.59. The molecule has 2 unspecified atom stereocenters. The first-order valence-electron chi connectivity index (χ1n) is 3.13. The van der Waals surface area contributed by atoms with Crippen LogP contribution in [0.3, 0.4) is 0 Å². The summed E-state index contributed by atoms with van der Waals surface area (Å²) in [6, 6.07) is 0. The first kappa shape index (κ1) is 5.65. The molecule has 2 atom stereocenters. The Morgan fingerprint density at radius 1 is 1.56 bits per heavy atom. The van der Waals surface area contributed by atoms with Crippen LogP contribution in [-0.2, 0) is 14.2 Å². The van der Waals surface area contributed by atoms with Crippen molar-refractivity contribution in [3.05, 3.63) is 0 Å².